The van der Waals surface area contributed by atoms with Gasteiger partial charge in [0.25, 0.3) is 0 Å². The van der Waals surface area contributed by atoms with Crippen molar-refractivity contribution in [2.24, 2.45) is 0 Å². The fourth-order valence-electron chi connectivity index (χ4n) is 5.72. The summed E-state index contributed by atoms with van der Waals surface area (Å²) in [6, 6.07) is 29.9. The van der Waals surface area contributed by atoms with E-state index < -0.39 is 29.6 Å². The Hall–Kier alpha value is -3.69. The Morgan fingerprint density at radius 2 is 1.39 bits per heavy atom. The molecule has 1 amide bonds. The smallest absolute Gasteiger partial charge is 0.413 e. The summed E-state index contributed by atoms with van der Waals surface area (Å²) in [6.45, 7) is 11.2. The first kappa shape index (κ1) is 33.7. The van der Waals surface area contributed by atoms with Crippen LogP contribution in [0.1, 0.15) is 57.7 Å². The third-order valence-corrected chi connectivity index (χ3v) is 7.91. The molecule has 2 aliphatic rings. The summed E-state index contributed by atoms with van der Waals surface area (Å²) in [5.41, 5.74) is 1.72. The molecule has 2 fully saturated rings. The van der Waals surface area contributed by atoms with E-state index in [1.807, 2.05) is 132 Å². The topological polar surface area (TPSA) is 75.7 Å². The van der Waals surface area contributed by atoms with Gasteiger partial charge >= 0.3 is 6.09 Å². The molecule has 0 unspecified atom stereocenters. The van der Waals surface area contributed by atoms with E-state index >= 15 is 0 Å². The molecule has 4 atom stereocenters. The molecule has 0 spiro atoms. The summed E-state index contributed by atoms with van der Waals surface area (Å²) in [6.07, 6.45) is 0.792. The second-order valence-corrected chi connectivity index (χ2v) is 13.3. The van der Waals surface area contributed by atoms with E-state index in [-0.39, 0.29) is 12.1 Å². The first-order chi connectivity index (χ1) is 22.1. The zero-order valence-electron chi connectivity index (χ0n) is 27.6. The van der Waals surface area contributed by atoms with Crippen LogP contribution in [0.2, 0.25) is 0 Å². The van der Waals surface area contributed by atoms with Crippen LogP contribution >= 0.6 is 0 Å². The largest absolute Gasteiger partial charge is 0.490 e. The van der Waals surface area contributed by atoms with Gasteiger partial charge in [-0.15, -0.1) is 0 Å². The van der Waals surface area contributed by atoms with Crippen molar-refractivity contribution in [3.63, 3.8) is 0 Å². The number of benzene rings is 3. The van der Waals surface area contributed by atoms with Crippen molar-refractivity contribution in [3.8, 4) is 0 Å². The maximum atomic E-state index is 13.4. The van der Waals surface area contributed by atoms with E-state index in [1.165, 1.54) is 0 Å². The molecule has 5 rings (SSSR count). The fourth-order valence-corrected chi connectivity index (χ4v) is 5.72. The van der Waals surface area contributed by atoms with Gasteiger partial charge in [-0.2, -0.15) is 0 Å². The van der Waals surface area contributed by atoms with Crippen LogP contribution < -0.4 is 0 Å². The van der Waals surface area contributed by atoms with Crippen molar-refractivity contribution in [2.45, 2.75) is 96.5 Å². The molecule has 0 radical (unpaired) electrons. The first-order valence-electron chi connectivity index (χ1n) is 16.0. The maximum absolute atomic E-state index is 13.4. The van der Waals surface area contributed by atoms with Gasteiger partial charge in [-0.05, 0) is 57.4 Å². The van der Waals surface area contributed by atoms with Crippen molar-refractivity contribution < 1.29 is 33.2 Å². The van der Waals surface area contributed by atoms with E-state index in [9.17, 15) is 4.79 Å². The van der Waals surface area contributed by atoms with Crippen LogP contribution in [0.15, 0.2) is 103 Å². The standard InChI is InChI=1S/C38H47NO7/c1-37(2,3)46-36(40)39-31(26-44-38(39,4)5)21-32-22-33(42-24-29-17-11-7-12-18-29)35(43-25-30-19-13-8-14-20-30)34(45-32)27-41-23-28-15-9-6-10-16-28/h6-21,31,33-35H,22-27H2,1-5H3/b32-21-/t31-,33+,34+,35+/m0/s1. The lowest BCUT2D eigenvalue weighted by molar-refractivity contribution is -0.178. The Bertz CT molecular complexity index is 1410. The predicted octanol–water partition coefficient (Wildman–Crippen LogP) is 7.42. The molecule has 8 heteroatoms. The van der Waals surface area contributed by atoms with Crippen LogP contribution in [0.4, 0.5) is 4.79 Å². The third kappa shape index (κ3) is 9.42. The van der Waals surface area contributed by atoms with Gasteiger partial charge in [0.1, 0.15) is 17.4 Å². The molecule has 0 saturated carbocycles. The van der Waals surface area contributed by atoms with Crippen molar-refractivity contribution in [1.29, 1.82) is 0 Å². The van der Waals surface area contributed by atoms with Crippen LogP contribution in [0, 0.1) is 0 Å². The molecule has 3 aromatic carbocycles. The van der Waals surface area contributed by atoms with Gasteiger partial charge in [-0.1, -0.05) is 91.0 Å². The Morgan fingerprint density at radius 3 is 1.96 bits per heavy atom. The lowest BCUT2D eigenvalue weighted by Gasteiger charge is -2.40. The number of ether oxygens (including phenoxy) is 6. The van der Waals surface area contributed by atoms with Crippen LogP contribution in [-0.4, -0.2) is 59.9 Å². The fraction of sp³-hybridized carbons (Fsp3) is 0.447. The third-order valence-electron chi connectivity index (χ3n) is 7.91. The van der Waals surface area contributed by atoms with E-state index in [0.29, 0.717) is 45.2 Å². The van der Waals surface area contributed by atoms with Gasteiger partial charge in [-0.3, -0.25) is 4.90 Å². The lowest BCUT2D eigenvalue weighted by atomic mass is 9.98. The molecule has 246 valence electrons. The summed E-state index contributed by atoms with van der Waals surface area (Å²) >= 11 is 0. The van der Waals surface area contributed by atoms with E-state index in [1.54, 1.807) is 4.90 Å². The van der Waals surface area contributed by atoms with Gasteiger partial charge in [0.2, 0.25) is 0 Å². The lowest BCUT2D eigenvalue weighted by Crippen LogP contribution is -2.50. The van der Waals surface area contributed by atoms with Gasteiger partial charge in [0.15, 0.2) is 6.10 Å². The zero-order valence-corrected chi connectivity index (χ0v) is 27.6. The normalized spacial score (nSPS) is 23.7. The minimum Gasteiger partial charge on any atom is -0.490 e. The van der Waals surface area contributed by atoms with Crippen molar-refractivity contribution in [1.82, 2.24) is 4.90 Å². The Morgan fingerprint density at radius 1 is 0.848 bits per heavy atom. The van der Waals surface area contributed by atoms with Gasteiger partial charge in [-0.25, -0.2) is 4.79 Å². The number of nitrogens with zero attached hydrogens (tertiary/aromatic N) is 1. The minimum atomic E-state index is -0.846. The minimum absolute atomic E-state index is 0.291. The van der Waals surface area contributed by atoms with Crippen LogP contribution in [0.25, 0.3) is 0 Å². The van der Waals surface area contributed by atoms with Gasteiger partial charge < -0.3 is 28.4 Å². The Kier molecular flexibility index (Phi) is 11.2. The summed E-state index contributed by atoms with van der Waals surface area (Å²) in [7, 11) is 0. The first-order valence-corrected chi connectivity index (χ1v) is 16.0. The van der Waals surface area contributed by atoms with E-state index in [2.05, 4.69) is 0 Å². The molecular formula is C38H47NO7. The highest BCUT2D eigenvalue weighted by Crippen LogP contribution is 2.34. The quantitative estimate of drug-likeness (QED) is 0.219. The van der Waals surface area contributed by atoms with Crippen molar-refractivity contribution in [3.05, 3.63) is 120 Å². The summed E-state index contributed by atoms with van der Waals surface area (Å²) in [4.78, 5) is 15.0. The molecule has 8 nitrogen and oxygen atoms in total. The van der Waals surface area contributed by atoms with Crippen molar-refractivity contribution >= 4 is 6.09 Å². The SMILES string of the molecule is CC(C)(C)OC(=O)N1[C@@H](/C=C2/C[C@@H](OCc3ccccc3)[C@@H](OCc3ccccc3)[C@@H](COCc3ccccc3)O2)COC1(C)C. The molecule has 2 saturated heterocycles. The molecule has 0 aromatic heterocycles. The summed E-state index contributed by atoms with van der Waals surface area (Å²) in [5.74, 6) is 0.700. The number of carbonyl (C=O) groups excluding carboxylic acids is 1. The highest BCUT2D eigenvalue weighted by atomic mass is 16.6. The number of carbonyl (C=O) groups is 1. The van der Waals surface area contributed by atoms with Crippen LogP contribution in [0.3, 0.4) is 0 Å². The summed E-state index contributed by atoms with van der Waals surface area (Å²) in [5, 5.41) is 0. The molecule has 0 aliphatic carbocycles. The van der Waals surface area contributed by atoms with E-state index in [0.717, 1.165) is 16.7 Å². The highest BCUT2D eigenvalue weighted by Gasteiger charge is 2.46. The number of amides is 1. The monoisotopic (exact) mass is 629 g/mol. The number of rotatable bonds is 11. The molecule has 2 heterocycles. The maximum Gasteiger partial charge on any atom is 0.413 e. The zero-order chi connectivity index (χ0) is 32.6. The molecular weight excluding hydrogens is 582 g/mol. The molecule has 0 bridgehead atoms. The number of hydrogen-bond acceptors (Lipinski definition) is 7. The second kappa shape index (κ2) is 15.3. The van der Waals surface area contributed by atoms with Crippen LogP contribution in [0.5, 0.6) is 0 Å². The molecule has 0 N–H and O–H groups in total. The molecule has 2 aliphatic heterocycles. The average molecular weight is 630 g/mol. The molecule has 46 heavy (non-hydrogen) atoms. The Balaban J connectivity index is 1.41. The number of hydrogen-bond donors (Lipinski definition) is 0. The summed E-state index contributed by atoms with van der Waals surface area (Å²) < 4.78 is 37.9. The van der Waals surface area contributed by atoms with Crippen LogP contribution in [-0.2, 0) is 48.2 Å². The van der Waals surface area contributed by atoms with Gasteiger partial charge in [0, 0.05) is 6.42 Å². The Labute approximate surface area is 273 Å². The second-order valence-electron chi connectivity index (χ2n) is 13.3. The average Bonchev–Trinajstić information content (AvgIpc) is 3.33. The molecule has 3 aromatic rings. The van der Waals surface area contributed by atoms with Crippen molar-refractivity contribution in [2.75, 3.05) is 13.2 Å². The van der Waals surface area contributed by atoms with E-state index in [4.69, 9.17) is 28.4 Å². The van der Waals surface area contributed by atoms with Gasteiger partial charge in [0.05, 0.1) is 50.9 Å². The predicted molar refractivity (Wildman–Crippen MR) is 176 cm³/mol. The highest BCUT2D eigenvalue weighted by molar-refractivity contribution is 5.70.